The van der Waals surface area contributed by atoms with Gasteiger partial charge < -0.3 is 26.8 Å². The minimum atomic E-state index is -1.10. The lowest BCUT2D eigenvalue weighted by Gasteiger charge is -2.16. The van der Waals surface area contributed by atoms with Gasteiger partial charge in [-0.05, 0) is 46.0 Å². The minimum absolute atomic E-state index is 0.197. The summed E-state index contributed by atoms with van der Waals surface area (Å²) in [5.41, 5.74) is 4.65. The monoisotopic (exact) mass is 411 g/mol. The number of amides is 3. The molecule has 3 amide bonds. The van der Waals surface area contributed by atoms with Gasteiger partial charge in [0.15, 0.2) is 6.04 Å². The summed E-state index contributed by atoms with van der Waals surface area (Å²) < 4.78 is 0. The number of hydrogen-bond acceptors (Lipinski definition) is 4. The van der Waals surface area contributed by atoms with Crippen molar-refractivity contribution < 1.29 is 30.0 Å². The highest BCUT2D eigenvalue weighted by Crippen LogP contribution is 2.04. The molecular formula is C20H35N4O5+. The standard InChI is InChI=1S/C20H34N4O5/c1-13(2)17(25)22-11-7-5-9-15(21)19(27)24-16(20(28)29)10-6-8-12-23-18(26)14(3)4/h15-16H,1,3,5-12,21H2,2,4H3,(H,22,25)(H,23,26)(H,24,27)(H,28,29)/p+1/t15-,16-/m0/s1. The van der Waals surface area contributed by atoms with E-state index in [1.807, 2.05) is 0 Å². The highest BCUT2D eigenvalue weighted by Gasteiger charge is 2.24. The second-order valence-corrected chi connectivity index (χ2v) is 7.16. The number of carboxylic acids is 1. The van der Waals surface area contributed by atoms with Crippen LogP contribution in [0.4, 0.5) is 0 Å². The molecular weight excluding hydrogens is 376 g/mol. The van der Waals surface area contributed by atoms with Gasteiger partial charge in [0.25, 0.3) is 5.91 Å². The zero-order valence-corrected chi connectivity index (χ0v) is 17.5. The van der Waals surface area contributed by atoms with Crippen LogP contribution in [0, 0.1) is 0 Å². The number of hydrogen-bond donors (Lipinski definition) is 5. The fraction of sp³-hybridized carbons (Fsp3) is 0.600. The molecule has 7 N–H and O–H groups in total. The highest BCUT2D eigenvalue weighted by molar-refractivity contribution is 5.92. The topological polar surface area (TPSA) is 152 Å². The van der Waals surface area contributed by atoms with E-state index < -0.39 is 24.0 Å². The van der Waals surface area contributed by atoms with Crippen molar-refractivity contribution in [3.63, 3.8) is 0 Å². The van der Waals surface area contributed by atoms with Crippen LogP contribution in [-0.2, 0) is 19.2 Å². The number of carbonyl (C=O) groups is 4. The number of rotatable bonds is 15. The summed E-state index contributed by atoms with van der Waals surface area (Å²) in [6, 6.07) is -1.55. The molecule has 0 radical (unpaired) electrons. The van der Waals surface area contributed by atoms with Crippen molar-refractivity contribution in [2.45, 2.75) is 64.5 Å². The van der Waals surface area contributed by atoms with Crippen LogP contribution in [0.1, 0.15) is 52.4 Å². The molecule has 9 heteroatoms. The lowest BCUT2D eigenvalue weighted by atomic mass is 10.1. The van der Waals surface area contributed by atoms with Crippen LogP contribution in [-0.4, -0.2) is 54.0 Å². The predicted molar refractivity (Wildman–Crippen MR) is 110 cm³/mol. The summed E-state index contributed by atoms with van der Waals surface area (Å²) in [4.78, 5) is 46.3. The molecule has 2 atom stereocenters. The SMILES string of the molecule is C=C(C)C(=O)NCCCC[C@H](NC(=O)[C@@H]([NH3+])CCCCNC(=O)C(=C)C)C(=O)O. The third-order valence-electron chi connectivity index (χ3n) is 4.23. The first-order chi connectivity index (χ1) is 13.6. The van der Waals surface area contributed by atoms with E-state index >= 15 is 0 Å². The Morgan fingerprint density at radius 1 is 0.862 bits per heavy atom. The van der Waals surface area contributed by atoms with Crippen molar-refractivity contribution in [3.05, 3.63) is 24.3 Å². The largest absolute Gasteiger partial charge is 0.480 e. The van der Waals surface area contributed by atoms with Gasteiger partial charge in [-0.1, -0.05) is 13.2 Å². The predicted octanol–water partition coefficient (Wildman–Crippen LogP) is -0.108. The number of nitrogens with one attached hydrogen (secondary N) is 3. The second-order valence-electron chi connectivity index (χ2n) is 7.16. The van der Waals surface area contributed by atoms with Gasteiger partial charge in [-0.15, -0.1) is 0 Å². The van der Waals surface area contributed by atoms with Crippen molar-refractivity contribution in [2.24, 2.45) is 0 Å². The number of quaternary nitrogens is 1. The zero-order valence-electron chi connectivity index (χ0n) is 17.5. The van der Waals surface area contributed by atoms with Gasteiger partial charge in [-0.2, -0.15) is 0 Å². The molecule has 9 nitrogen and oxygen atoms in total. The van der Waals surface area contributed by atoms with Crippen LogP contribution in [0.5, 0.6) is 0 Å². The summed E-state index contributed by atoms with van der Waals surface area (Å²) in [7, 11) is 0. The van der Waals surface area contributed by atoms with Gasteiger partial charge in [-0.25, -0.2) is 4.79 Å². The third kappa shape index (κ3) is 12.4. The summed E-state index contributed by atoms with van der Waals surface area (Å²) in [6.45, 7) is 11.2. The molecule has 0 bridgehead atoms. The summed E-state index contributed by atoms with van der Waals surface area (Å²) in [6.07, 6.45) is 3.27. The molecule has 29 heavy (non-hydrogen) atoms. The summed E-state index contributed by atoms with van der Waals surface area (Å²) in [5, 5.41) is 17.2. The number of aliphatic carboxylic acids is 1. The van der Waals surface area contributed by atoms with Gasteiger partial charge in [0.05, 0.1) is 0 Å². The molecule has 0 aliphatic rings. The number of carbonyl (C=O) groups excluding carboxylic acids is 3. The normalized spacial score (nSPS) is 12.4. The van der Waals surface area contributed by atoms with E-state index in [0.717, 1.165) is 0 Å². The lowest BCUT2D eigenvalue weighted by Crippen LogP contribution is -2.68. The van der Waals surface area contributed by atoms with Crippen LogP contribution in [0.15, 0.2) is 24.3 Å². The number of carboxylic acid groups (broad SMARTS) is 1. The smallest absolute Gasteiger partial charge is 0.326 e. The molecule has 0 unspecified atom stereocenters. The molecule has 0 rings (SSSR count). The molecule has 0 saturated carbocycles. The molecule has 0 saturated heterocycles. The van der Waals surface area contributed by atoms with Gasteiger partial charge in [0.2, 0.25) is 11.8 Å². The lowest BCUT2D eigenvalue weighted by molar-refractivity contribution is -0.405. The Kier molecular flexibility index (Phi) is 13.0. The summed E-state index contributed by atoms with van der Waals surface area (Å²) >= 11 is 0. The minimum Gasteiger partial charge on any atom is -0.480 e. The van der Waals surface area contributed by atoms with Crippen molar-refractivity contribution in [3.8, 4) is 0 Å². The Morgan fingerprint density at radius 3 is 1.72 bits per heavy atom. The Hall–Kier alpha value is -2.68. The van der Waals surface area contributed by atoms with Crippen molar-refractivity contribution in [1.29, 1.82) is 0 Å². The molecule has 0 aromatic carbocycles. The van der Waals surface area contributed by atoms with E-state index in [9.17, 15) is 24.3 Å². The molecule has 0 aromatic rings. The van der Waals surface area contributed by atoms with Crippen LogP contribution < -0.4 is 21.7 Å². The molecule has 0 heterocycles. The van der Waals surface area contributed by atoms with Crippen LogP contribution in [0.25, 0.3) is 0 Å². The fourth-order valence-corrected chi connectivity index (χ4v) is 2.37. The van der Waals surface area contributed by atoms with Crippen LogP contribution >= 0.6 is 0 Å². The molecule has 0 aliphatic heterocycles. The maximum absolute atomic E-state index is 12.2. The van der Waals surface area contributed by atoms with Crippen LogP contribution in [0.3, 0.4) is 0 Å². The van der Waals surface area contributed by atoms with E-state index in [0.29, 0.717) is 56.3 Å². The van der Waals surface area contributed by atoms with Gasteiger partial charge in [-0.3, -0.25) is 14.4 Å². The van der Waals surface area contributed by atoms with Crippen LogP contribution in [0.2, 0.25) is 0 Å². The quantitative estimate of drug-likeness (QED) is 0.188. The van der Waals surface area contributed by atoms with E-state index in [1.165, 1.54) is 0 Å². The zero-order chi connectivity index (χ0) is 22.4. The number of unbranched alkanes of at least 4 members (excludes halogenated alkanes) is 2. The van der Waals surface area contributed by atoms with E-state index in [1.54, 1.807) is 13.8 Å². The van der Waals surface area contributed by atoms with E-state index in [4.69, 9.17) is 0 Å². The Balaban J connectivity index is 4.13. The van der Waals surface area contributed by atoms with Crippen molar-refractivity contribution in [1.82, 2.24) is 16.0 Å². The molecule has 0 fully saturated rings. The first-order valence-electron chi connectivity index (χ1n) is 9.80. The first-order valence-corrected chi connectivity index (χ1v) is 9.80. The maximum Gasteiger partial charge on any atom is 0.326 e. The molecule has 0 spiro atoms. The first kappa shape index (κ1) is 26.3. The van der Waals surface area contributed by atoms with E-state index in [-0.39, 0.29) is 18.2 Å². The fourth-order valence-electron chi connectivity index (χ4n) is 2.37. The third-order valence-corrected chi connectivity index (χ3v) is 4.23. The molecule has 164 valence electrons. The Morgan fingerprint density at radius 2 is 1.31 bits per heavy atom. The Bertz CT molecular complexity index is 618. The van der Waals surface area contributed by atoms with Crippen molar-refractivity contribution >= 4 is 23.7 Å². The average molecular weight is 412 g/mol. The second kappa shape index (κ2) is 14.3. The van der Waals surface area contributed by atoms with Gasteiger partial charge in [0.1, 0.15) is 6.04 Å². The van der Waals surface area contributed by atoms with Crippen molar-refractivity contribution in [2.75, 3.05) is 13.1 Å². The Labute approximate surface area is 172 Å². The maximum atomic E-state index is 12.2. The van der Waals surface area contributed by atoms with Gasteiger partial charge in [0, 0.05) is 30.7 Å². The highest BCUT2D eigenvalue weighted by atomic mass is 16.4. The molecule has 0 aliphatic carbocycles. The average Bonchev–Trinajstić information content (AvgIpc) is 2.65. The summed E-state index contributed by atoms with van der Waals surface area (Å²) in [5.74, 6) is -1.93. The molecule has 0 aromatic heterocycles. The van der Waals surface area contributed by atoms with E-state index in [2.05, 4.69) is 34.8 Å². The van der Waals surface area contributed by atoms with Gasteiger partial charge >= 0.3 is 5.97 Å².